The molecule has 7 heteroatoms. The summed E-state index contributed by atoms with van der Waals surface area (Å²) in [6.45, 7) is 18.3. The van der Waals surface area contributed by atoms with Crippen LogP contribution in [0.4, 0.5) is 4.79 Å². The van der Waals surface area contributed by atoms with E-state index < -0.39 is 44.0 Å². The molecule has 0 aliphatic rings. The summed E-state index contributed by atoms with van der Waals surface area (Å²) < 4.78 is 12.5. The van der Waals surface area contributed by atoms with Crippen LogP contribution in [0, 0.1) is 12.8 Å². The van der Waals surface area contributed by atoms with Gasteiger partial charge in [-0.15, -0.1) is 0 Å². The lowest BCUT2D eigenvalue weighted by Gasteiger charge is -2.42. The molecule has 0 fully saturated rings. The van der Waals surface area contributed by atoms with Crippen molar-refractivity contribution in [1.82, 2.24) is 5.32 Å². The maximum absolute atomic E-state index is 13.0. The Labute approximate surface area is 230 Å². The molecule has 2 rings (SSSR count). The molecule has 38 heavy (non-hydrogen) atoms. The molecule has 210 valence electrons. The van der Waals surface area contributed by atoms with E-state index in [1.54, 1.807) is 0 Å². The van der Waals surface area contributed by atoms with Crippen molar-refractivity contribution in [2.45, 2.75) is 104 Å². The number of ether oxygens (including phenoxy) is 1. The third-order valence-electron chi connectivity index (χ3n) is 7.13. The summed E-state index contributed by atoms with van der Waals surface area (Å²) in [7, 11) is -2.33. The molecule has 2 aromatic carbocycles. The predicted octanol–water partition coefficient (Wildman–Crippen LogP) is 7.15. The largest absolute Gasteiger partial charge is 0.481 e. The zero-order valence-corrected chi connectivity index (χ0v) is 25.6. The molecule has 0 spiro atoms. The first-order valence-corrected chi connectivity index (χ1v) is 16.4. The highest BCUT2D eigenvalue weighted by Gasteiger charge is 2.42. The molecule has 0 heterocycles. The Hall–Kier alpha value is -2.64. The van der Waals surface area contributed by atoms with Crippen LogP contribution in [-0.4, -0.2) is 43.2 Å². The van der Waals surface area contributed by atoms with Crippen molar-refractivity contribution in [1.29, 1.82) is 0 Å². The van der Waals surface area contributed by atoms with Gasteiger partial charge in [-0.25, -0.2) is 4.79 Å². The zero-order chi connectivity index (χ0) is 28.7. The molecule has 0 radical (unpaired) electrons. The number of carbonyl (C=O) groups excluding carboxylic acids is 1. The molecule has 6 nitrogen and oxygen atoms in total. The molecule has 0 unspecified atom stereocenters. The Kier molecular flexibility index (Phi) is 10.8. The number of carboxylic acids is 1. The smallest absolute Gasteiger partial charge is 0.407 e. The average Bonchev–Trinajstić information content (AvgIpc) is 2.76. The van der Waals surface area contributed by atoms with E-state index in [2.05, 4.69) is 39.2 Å². The third kappa shape index (κ3) is 10.3. The van der Waals surface area contributed by atoms with Gasteiger partial charge in [0.15, 0.2) is 8.32 Å². The number of aryl methyl sites for hydroxylation is 1. The van der Waals surface area contributed by atoms with E-state index in [9.17, 15) is 14.7 Å². The number of aliphatic carboxylic acids is 1. The van der Waals surface area contributed by atoms with Crippen LogP contribution in [-0.2, 0) is 26.8 Å². The number of carbonyl (C=O) groups is 2. The van der Waals surface area contributed by atoms with Gasteiger partial charge in [-0.1, -0.05) is 80.9 Å². The van der Waals surface area contributed by atoms with Gasteiger partial charge in [-0.05, 0) is 76.2 Å². The van der Waals surface area contributed by atoms with E-state index in [0.29, 0.717) is 12.8 Å². The predicted molar refractivity (Wildman–Crippen MR) is 156 cm³/mol. The van der Waals surface area contributed by atoms with Gasteiger partial charge in [0.25, 0.3) is 0 Å². The van der Waals surface area contributed by atoms with Crippen LogP contribution in [0.15, 0.2) is 54.6 Å². The maximum atomic E-state index is 13.0. The van der Waals surface area contributed by atoms with Crippen molar-refractivity contribution in [3.05, 3.63) is 71.3 Å². The number of rotatable bonds is 11. The van der Waals surface area contributed by atoms with Gasteiger partial charge >= 0.3 is 12.1 Å². The molecular weight excluding hydrogens is 494 g/mol. The molecule has 0 aliphatic carbocycles. The zero-order valence-electron chi connectivity index (χ0n) is 24.6. The summed E-state index contributed by atoms with van der Waals surface area (Å²) >= 11 is 0. The number of alkyl carbamates (subject to hydrolysis) is 1. The summed E-state index contributed by atoms with van der Waals surface area (Å²) in [4.78, 5) is 25.5. The Morgan fingerprint density at radius 2 is 1.53 bits per heavy atom. The Morgan fingerprint density at radius 3 is 2.05 bits per heavy atom. The first-order valence-electron chi connectivity index (χ1n) is 13.5. The van der Waals surface area contributed by atoms with E-state index in [1.165, 1.54) is 0 Å². The Morgan fingerprint density at radius 1 is 0.921 bits per heavy atom. The van der Waals surface area contributed by atoms with E-state index >= 15 is 0 Å². The van der Waals surface area contributed by atoms with E-state index in [1.807, 2.05) is 82.3 Å². The Bertz CT molecular complexity index is 1060. The average molecular weight is 542 g/mol. The van der Waals surface area contributed by atoms with Crippen LogP contribution >= 0.6 is 0 Å². The number of hydrogen-bond acceptors (Lipinski definition) is 4. The van der Waals surface area contributed by atoms with Gasteiger partial charge in [-0.2, -0.15) is 0 Å². The van der Waals surface area contributed by atoms with Crippen molar-refractivity contribution in [2.75, 3.05) is 0 Å². The number of hydrogen-bond donors (Lipinski definition) is 2. The van der Waals surface area contributed by atoms with Crippen LogP contribution in [0.25, 0.3) is 0 Å². The highest BCUT2D eigenvalue weighted by molar-refractivity contribution is 6.74. The summed E-state index contributed by atoms with van der Waals surface area (Å²) in [6, 6.07) is 17.4. The minimum absolute atomic E-state index is 0.0935. The monoisotopic (exact) mass is 541 g/mol. The summed E-state index contributed by atoms with van der Waals surface area (Å²) in [6.07, 6.45) is 0.0975. The molecular formula is C31H47NO5Si. The number of amides is 1. The maximum Gasteiger partial charge on any atom is 0.407 e. The van der Waals surface area contributed by atoms with Crippen LogP contribution in [0.2, 0.25) is 18.1 Å². The molecule has 0 aromatic heterocycles. The second-order valence-electron chi connectivity index (χ2n) is 12.8. The lowest BCUT2D eigenvalue weighted by Crippen LogP contribution is -2.54. The second-order valence-corrected chi connectivity index (χ2v) is 17.6. The summed E-state index contributed by atoms with van der Waals surface area (Å²) in [5.41, 5.74) is 2.44. The van der Waals surface area contributed by atoms with Gasteiger partial charge in [0.05, 0.1) is 18.1 Å². The van der Waals surface area contributed by atoms with Crippen LogP contribution < -0.4 is 5.32 Å². The minimum Gasteiger partial charge on any atom is -0.481 e. The van der Waals surface area contributed by atoms with Crippen molar-refractivity contribution in [3.8, 4) is 0 Å². The molecule has 1 amide bonds. The van der Waals surface area contributed by atoms with Crippen molar-refractivity contribution >= 4 is 20.4 Å². The molecule has 3 atom stereocenters. The van der Waals surface area contributed by atoms with Crippen molar-refractivity contribution in [2.24, 2.45) is 5.92 Å². The van der Waals surface area contributed by atoms with Crippen LogP contribution in [0.3, 0.4) is 0 Å². The fourth-order valence-corrected chi connectivity index (χ4v) is 5.50. The molecule has 0 bridgehead atoms. The van der Waals surface area contributed by atoms with Crippen molar-refractivity contribution in [3.63, 3.8) is 0 Å². The first-order chi connectivity index (χ1) is 17.5. The fraction of sp³-hybridized carbons (Fsp3) is 0.548. The normalized spacial score (nSPS) is 14.9. The van der Waals surface area contributed by atoms with Gasteiger partial charge in [0.1, 0.15) is 5.60 Å². The van der Waals surface area contributed by atoms with Gasteiger partial charge in [0.2, 0.25) is 0 Å². The summed E-state index contributed by atoms with van der Waals surface area (Å²) in [5.74, 6) is -1.55. The van der Waals surface area contributed by atoms with Crippen LogP contribution in [0.5, 0.6) is 0 Å². The summed E-state index contributed by atoms with van der Waals surface area (Å²) in [5, 5.41) is 13.2. The molecule has 0 saturated heterocycles. The molecule has 0 aliphatic heterocycles. The number of benzene rings is 2. The van der Waals surface area contributed by atoms with E-state index in [-0.39, 0.29) is 11.5 Å². The van der Waals surface area contributed by atoms with E-state index in [0.717, 1.165) is 16.7 Å². The highest BCUT2D eigenvalue weighted by atomic mass is 28.4. The number of carboxylic acid groups (broad SMARTS) is 1. The third-order valence-corrected chi connectivity index (χ3v) is 11.6. The topological polar surface area (TPSA) is 84.9 Å². The van der Waals surface area contributed by atoms with Gasteiger partial charge in [-0.3, -0.25) is 4.79 Å². The SMILES string of the molecule is Cc1cccc(C[C@@H](C[C@@H](O[Si](C)(C)C(C)(C)C)[C@H](Cc2ccccc2)NC(=O)OC(C)(C)C)C(=O)O)c1. The second kappa shape index (κ2) is 12.9. The first kappa shape index (κ1) is 31.6. The molecule has 2 aromatic rings. The lowest BCUT2D eigenvalue weighted by atomic mass is 9.89. The quantitative estimate of drug-likeness (QED) is 0.295. The fourth-order valence-electron chi connectivity index (χ4n) is 4.13. The van der Waals surface area contributed by atoms with Gasteiger partial charge < -0.3 is 19.6 Å². The van der Waals surface area contributed by atoms with Crippen LogP contribution in [0.1, 0.15) is 64.7 Å². The van der Waals surface area contributed by atoms with Gasteiger partial charge in [0, 0.05) is 0 Å². The van der Waals surface area contributed by atoms with E-state index in [4.69, 9.17) is 9.16 Å². The molecule has 2 N–H and O–H groups in total. The number of nitrogens with one attached hydrogen (secondary N) is 1. The lowest BCUT2D eigenvalue weighted by molar-refractivity contribution is -0.142. The minimum atomic E-state index is -2.33. The molecule has 0 saturated carbocycles. The highest BCUT2D eigenvalue weighted by Crippen LogP contribution is 2.39. The van der Waals surface area contributed by atoms with Crippen molar-refractivity contribution < 1.29 is 23.9 Å². The Balaban J connectivity index is 2.48. The standard InChI is InChI=1S/C31H47NO5Si/c1-22-14-13-17-24(18-22)19-25(28(33)34)21-27(37-38(8,9)31(5,6)7)26(20-23-15-11-10-12-16-23)32-29(35)36-30(2,3)4/h10-18,25-27H,19-21H2,1-9H3,(H,32,35)(H,33,34)/t25-,26-,27+/m0/s1.